The third kappa shape index (κ3) is 3.69. The summed E-state index contributed by atoms with van der Waals surface area (Å²) >= 11 is 0. The monoisotopic (exact) mass is 506 g/mol. The van der Waals surface area contributed by atoms with Gasteiger partial charge in [-0.3, -0.25) is 0 Å². The molecule has 0 nitrogen and oxygen atoms in total. The maximum absolute atomic E-state index is 2.37. The molecule has 0 heterocycles. The van der Waals surface area contributed by atoms with E-state index in [2.05, 4.69) is 158 Å². The summed E-state index contributed by atoms with van der Waals surface area (Å²) in [4.78, 5) is 0. The van der Waals surface area contributed by atoms with Gasteiger partial charge < -0.3 is 0 Å². The van der Waals surface area contributed by atoms with Gasteiger partial charge in [0.2, 0.25) is 0 Å². The molecule has 0 amide bonds. The van der Waals surface area contributed by atoms with Crippen LogP contribution in [0.3, 0.4) is 0 Å². The Kier molecular flexibility index (Phi) is 5.24. The summed E-state index contributed by atoms with van der Waals surface area (Å²) in [6.07, 6.45) is 0. The highest BCUT2D eigenvalue weighted by Crippen LogP contribution is 2.44. The highest BCUT2D eigenvalue weighted by atomic mass is 14.2. The molecule has 0 heteroatoms. The Hall–Kier alpha value is -5.20. The number of hydrogen-bond donors (Lipinski definition) is 0. The summed E-state index contributed by atoms with van der Waals surface area (Å²) in [5.41, 5.74) is 7.58. The van der Waals surface area contributed by atoms with Gasteiger partial charge in [0, 0.05) is 0 Å². The van der Waals surface area contributed by atoms with Crippen molar-refractivity contribution in [3.63, 3.8) is 0 Å². The lowest BCUT2D eigenvalue weighted by atomic mass is 9.85. The first-order valence-electron chi connectivity index (χ1n) is 13.9. The van der Waals surface area contributed by atoms with E-state index in [0.717, 1.165) is 0 Å². The number of benzene rings is 8. The fraction of sp³-hybridized carbons (Fsp3) is 0. The van der Waals surface area contributed by atoms with E-state index in [9.17, 15) is 0 Å². The predicted octanol–water partition coefficient (Wildman–Crippen LogP) is 11.3. The summed E-state index contributed by atoms with van der Waals surface area (Å²) in [6.45, 7) is 0. The Labute approximate surface area is 233 Å². The lowest BCUT2D eigenvalue weighted by Crippen LogP contribution is -1.90. The Morgan fingerprint density at radius 2 is 0.625 bits per heavy atom. The van der Waals surface area contributed by atoms with Crippen LogP contribution in [0.15, 0.2) is 158 Å². The van der Waals surface area contributed by atoms with Gasteiger partial charge in [0.15, 0.2) is 0 Å². The van der Waals surface area contributed by atoms with E-state index in [-0.39, 0.29) is 0 Å². The first kappa shape index (κ1) is 22.8. The molecule has 8 aromatic carbocycles. The molecule has 0 aromatic heterocycles. The van der Waals surface area contributed by atoms with Crippen LogP contribution in [0.5, 0.6) is 0 Å². The van der Waals surface area contributed by atoms with Gasteiger partial charge in [-0.2, -0.15) is 0 Å². The van der Waals surface area contributed by atoms with E-state index in [0.29, 0.717) is 0 Å². The molecule has 8 rings (SSSR count). The molecule has 186 valence electrons. The van der Waals surface area contributed by atoms with Crippen molar-refractivity contribution in [3.05, 3.63) is 158 Å². The van der Waals surface area contributed by atoms with E-state index in [1.807, 2.05) is 0 Å². The molecule has 0 fully saturated rings. The Morgan fingerprint density at radius 1 is 0.225 bits per heavy atom. The molecule has 0 atom stereocenters. The summed E-state index contributed by atoms with van der Waals surface area (Å²) in [7, 11) is 0. The lowest BCUT2D eigenvalue weighted by molar-refractivity contribution is 1.65. The topological polar surface area (TPSA) is 0 Å². The number of fused-ring (bicyclic) bond motifs is 4. The van der Waals surface area contributed by atoms with Crippen molar-refractivity contribution >= 4 is 43.1 Å². The molecule has 40 heavy (non-hydrogen) atoms. The minimum Gasteiger partial charge on any atom is -0.0622 e. The maximum Gasteiger partial charge on any atom is -0.00262 e. The summed E-state index contributed by atoms with van der Waals surface area (Å²) in [5.74, 6) is 0. The fourth-order valence-electron chi connectivity index (χ4n) is 6.31. The summed E-state index contributed by atoms with van der Waals surface area (Å²) in [5, 5.41) is 10.2. The van der Waals surface area contributed by atoms with E-state index >= 15 is 0 Å². The second-order valence-electron chi connectivity index (χ2n) is 10.5. The molecule has 0 radical (unpaired) electrons. The minimum atomic E-state index is 1.24. The van der Waals surface area contributed by atoms with Gasteiger partial charge in [-0.05, 0) is 94.7 Å². The summed E-state index contributed by atoms with van der Waals surface area (Å²) in [6, 6.07) is 57.6. The molecule has 0 saturated carbocycles. The SMILES string of the molecule is c1ccc(-c2c3ccccc3c(-c3ccc4ccc(-c5ccc6ccccc6c5)cc4c3)c3ccccc23)cc1. The van der Waals surface area contributed by atoms with Gasteiger partial charge in [-0.25, -0.2) is 0 Å². The smallest absolute Gasteiger partial charge is 0.00262 e. The standard InChI is InChI=1S/C40H26/c1-2-11-29(12-3-1)39-35-14-6-8-16-37(35)40(38-17-9-7-15-36(38)39)33-23-20-28-19-22-32(25-34(28)26-33)31-21-18-27-10-4-5-13-30(27)24-31/h1-26H. The third-order valence-corrected chi connectivity index (χ3v) is 8.21. The van der Waals surface area contributed by atoms with Crippen LogP contribution in [-0.4, -0.2) is 0 Å². The Morgan fingerprint density at radius 3 is 1.23 bits per heavy atom. The van der Waals surface area contributed by atoms with Gasteiger partial charge in [0.25, 0.3) is 0 Å². The van der Waals surface area contributed by atoms with Crippen molar-refractivity contribution in [3.8, 4) is 33.4 Å². The molecule has 0 saturated heterocycles. The fourth-order valence-corrected chi connectivity index (χ4v) is 6.31. The van der Waals surface area contributed by atoms with Crippen LogP contribution >= 0.6 is 0 Å². The second-order valence-corrected chi connectivity index (χ2v) is 10.5. The quantitative estimate of drug-likeness (QED) is 0.209. The molecular weight excluding hydrogens is 480 g/mol. The average Bonchev–Trinajstić information content (AvgIpc) is 3.03. The van der Waals surface area contributed by atoms with Crippen LogP contribution in [0.1, 0.15) is 0 Å². The van der Waals surface area contributed by atoms with Crippen molar-refractivity contribution in [2.75, 3.05) is 0 Å². The third-order valence-electron chi connectivity index (χ3n) is 8.21. The van der Waals surface area contributed by atoms with Crippen LogP contribution in [0, 0.1) is 0 Å². The minimum absolute atomic E-state index is 1.24. The first-order valence-corrected chi connectivity index (χ1v) is 13.9. The van der Waals surface area contributed by atoms with E-state index in [1.165, 1.54) is 76.5 Å². The van der Waals surface area contributed by atoms with Gasteiger partial charge in [0.05, 0.1) is 0 Å². The van der Waals surface area contributed by atoms with Crippen molar-refractivity contribution in [2.24, 2.45) is 0 Å². The van der Waals surface area contributed by atoms with Crippen LogP contribution in [0.25, 0.3) is 76.5 Å². The molecule has 0 aliphatic rings. The number of rotatable bonds is 3. The van der Waals surface area contributed by atoms with E-state index in [1.54, 1.807) is 0 Å². The molecule has 8 aromatic rings. The second kappa shape index (κ2) is 9.22. The summed E-state index contributed by atoms with van der Waals surface area (Å²) < 4.78 is 0. The van der Waals surface area contributed by atoms with Gasteiger partial charge in [-0.1, -0.05) is 140 Å². The van der Waals surface area contributed by atoms with Gasteiger partial charge in [-0.15, -0.1) is 0 Å². The van der Waals surface area contributed by atoms with Crippen LogP contribution in [0.4, 0.5) is 0 Å². The van der Waals surface area contributed by atoms with Crippen LogP contribution in [-0.2, 0) is 0 Å². The zero-order chi connectivity index (χ0) is 26.5. The van der Waals surface area contributed by atoms with Crippen molar-refractivity contribution in [1.82, 2.24) is 0 Å². The molecule has 0 spiro atoms. The molecule has 0 N–H and O–H groups in total. The number of hydrogen-bond acceptors (Lipinski definition) is 0. The van der Waals surface area contributed by atoms with Crippen molar-refractivity contribution in [2.45, 2.75) is 0 Å². The average molecular weight is 507 g/mol. The maximum atomic E-state index is 2.37. The predicted molar refractivity (Wildman–Crippen MR) is 173 cm³/mol. The van der Waals surface area contributed by atoms with Gasteiger partial charge in [0.1, 0.15) is 0 Å². The zero-order valence-electron chi connectivity index (χ0n) is 22.0. The Bertz CT molecular complexity index is 2150. The largest absolute Gasteiger partial charge is 0.0622 e. The van der Waals surface area contributed by atoms with Crippen LogP contribution < -0.4 is 0 Å². The zero-order valence-corrected chi connectivity index (χ0v) is 22.0. The molecule has 0 bridgehead atoms. The Balaban J connectivity index is 1.37. The van der Waals surface area contributed by atoms with Crippen molar-refractivity contribution < 1.29 is 0 Å². The lowest BCUT2D eigenvalue weighted by Gasteiger charge is -2.18. The molecule has 0 unspecified atom stereocenters. The first-order chi connectivity index (χ1) is 19.8. The molecule has 0 aliphatic carbocycles. The van der Waals surface area contributed by atoms with E-state index in [4.69, 9.17) is 0 Å². The molecular formula is C40H26. The normalized spacial score (nSPS) is 11.5. The van der Waals surface area contributed by atoms with Gasteiger partial charge >= 0.3 is 0 Å². The van der Waals surface area contributed by atoms with E-state index < -0.39 is 0 Å². The van der Waals surface area contributed by atoms with Crippen LogP contribution in [0.2, 0.25) is 0 Å². The molecule has 0 aliphatic heterocycles. The van der Waals surface area contributed by atoms with Crippen molar-refractivity contribution in [1.29, 1.82) is 0 Å². The highest BCUT2D eigenvalue weighted by Gasteiger charge is 2.16. The highest BCUT2D eigenvalue weighted by molar-refractivity contribution is 6.21.